The number of rotatable bonds is 22. The van der Waals surface area contributed by atoms with Crippen molar-refractivity contribution in [2.24, 2.45) is 0 Å². The number of quaternary nitrogens is 1. The number of phosphoric acid groups is 1. The summed E-state index contributed by atoms with van der Waals surface area (Å²) in [6, 6.07) is 0. The van der Waals surface area contributed by atoms with E-state index >= 15 is 0 Å². The second kappa shape index (κ2) is 22.7. The van der Waals surface area contributed by atoms with Crippen LogP contribution in [0.25, 0.3) is 0 Å². The lowest BCUT2D eigenvalue weighted by molar-refractivity contribution is -0.431. The van der Waals surface area contributed by atoms with E-state index < -0.39 is 20.5 Å². The van der Waals surface area contributed by atoms with Crippen LogP contribution < -0.4 is 11.3 Å². The zero-order valence-corrected chi connectivity index (χ0v) is 19.9. The zero-order valence-electron chi connectivity index (χ0n) is 19.0. The van der Waals surface area contributed by atoms with Crippen molar-refractivity contribution in [2.45, 2.75) is 116 Å². The molecule has 0 aliphatic rings. The molecule has 6 N–H and O–H groups in total. The predicted octanol–water partition coefficient (Wildman–Crippen LogP) is 5.48. The molecule has 0 heterocycles. The first-order valence-electron chi connectivity index (χ1n) is 11.4. The molecule has 7 nitrogen and oxygen atoms in total. The second-order valence-electron chi connectivity index (χ2n) is 7.79. The van der Waals surface area contributed by atoms with Crippen LogP contribution >= 0.6 is 7.82 Å². The van der Waals surface area contributed by atoms with Gasteiger partial charge in [0.25, 0.3) is 0 Å². The fourth-order valence-corrected chi connectivity index (χ4v) is 3.56. The monoisotopic (exact) mass is 441 g/mol. The molecule has 0 aromatic heterocycles. The summed E-state index contributed by atoms with van der Waals surface area (Å²) < 4.78 is 19.9. The molecule has 0 fully saturated rings. The summed E-state index contributed by atoms with van der Waals surface area (Å²) in [7, 11) is -4.55. The molecular weight excluding hydrogens is 393 g/mol. The van der Waals surface area contributed by atoms with Crippen LogP contribution in [0.4, 0.5) is 0 Å². The highest BCUT2D eigenvalue weighted by atomic mass is 31.2. The third-order valence-corrected chi connectivity index (χ3v) is 5.36. The highest BCUT2D eigenvalue weighted by Crippen LogP contribution is 2.35. The summed E-state index contributed by atoms with van der Waals surface area (Å²) in [5, 5.41) is 11.4. The minimum Gasteiger partial charge on any atom is -0.849 e. The average Bonchev–Trinajstić information content (AvgIpc) is 2.65. The van der Waals surface area contributed by atoms with Gasteiger partial charge in [-0.2, -0.15) is 0 Å². The van der Waals surface area contributed by atoms with E-state index in [9.17, 15) is 9.67 Å². The quantitative estimate of drug-likeness (QED) is 0.150. The van der Waals surface area contributed by atoms with Gasteiger partial charge in [0.05, 0.1) is 0 Å². The molecule has 0 amide bonds. The van der Waals surface area contributed by atoms with Gasteiger partial charge in [0.2, 0.25) is 0 Å². The van der Waals surface area contributed by atoms with E-state index in [1.165, 1.54) is 89.9 Å². The Kier molecular flexibility index (Phi) is 24.4. The molecule has 0 rings (SSSR count). The smallest absolute Gasteiger partial charge is 0.469 e. The van der Waals surface area contributed by atoms with Crippen molar-refractivity contribution in [2.75, 3.05) is 19.8 Å². The number of phosphoric ester groups is 1. The lowest BCUT2D eigenvalue weighted by atomic mass is 10.0. The molecule has 0 radical (unpaired) electrons. The molecule has 0 spiro atoms. The molecule has 0 aliphatic heterocycles. The van der Waals surface area contributed by atoms with Gasteiger partial charge in [0.1, 0.15) is 0 Å². The average molecular weight is 442 g/mol. The van der Waals surface area contributed by atoms with Gasteiger partial charge in [-0.25, -0.2) is 4.57 Å². The van der Waals surface area contributed by atoms with Crippen LogP contribution in [0.1, 0.15) is 110 Å². The van der Waals surface area contributed by atoms with Gasteiger partial charge < -0.3 is 25.8 Å². The van der Waals surface area contributed by atoms with E-state index in [2.05, 4.69) is 11.4 Å². The Bertz CT molecular complexity index is 367. The maximum Gasteiger partial charge on any atom is 0.469 e. The van der Waals surface area contributed by atoms with Crippen molar-refractivity contribution in [1.82, 2.24) is 6.15 Å². The van der Waals surface area contributed by atoms with Gasteiger partial charge in [0.15, 0.2) is 0 Å². The largest absolute Gasteiger partial charge is 0.849 e. The maximum absolute atomic E-state index is 11.4. The Morgan fingerprint density at radius 1 is 0.724 bits per heavy atom. The zero-order chi connectivity index (χ0) is 20.9. The molecule has 0 bridgehead atoms. The van der Waals surface area contributed by atoms with Crippen molar-refractivity contribution in [1.29, 1.82) is 0 Å². The fourth-order valence-electron chi connectivity index (χ4n) is 3.20. The van der Waals surface area contributed by atoms with E-state index in [1.54, 1.807) is 0 Å². The van der Waals surface area contributed by atoms with Crippen molar-refractivity contribution < 1.29 is 28.7 Å². The maximum atomic E-state index is 11.4. The third kappa shape index (κ3) is 28.0. The van der Waals surface area contributed by atoms with Crippen LogP contribution in [-0.4, -0.2) is 35.7 Å². The van der Waals surface area contributed by atoms with Crippen molar-refractivity contribution in [3.05, 3.63) is 0 Å². The Morgan fingerprint density at radius 3 is 1.48 bits per heavy atom. The molecule has 8 heteroatoms. The molecular formula is C21H48NO6P. The van der Waals surface area contributed by atoms with Crippen LogP contribution in [0.3, 0.4) is 0 Å². The van der Waals surface area contributed by atoms with Gasteiger partial charge in [-0.15, -0.1) is 0 Å². The Hall–Kier alpha value is -0.0100. The van der Waals surface area contributed by atoms with E-state index in [0.29, 0.717) is 6.61 Å². The Balaban J connectivity index is 0. The summed E-state index contributed by atoms with van der Waals surface area (Å²) in [4.78, 5) is 17.0. The number of hydrogen-bond acceptors (Lipinski definition) is 4. The van der Waals surface area contributed by atoms with E-state index in [1.807, 2.05) is 0 Å². The highest BCUT2D eigenvalue weighted by Gasteiger charge is 2.13. The van der Waals surface area contributed by atoms with Crippen LogP contribution in [0.2, 0.25) is 0 Å². The highest BCUT2D eigenvalue weighted by molar-refractivity contribution is 7.46. The Morgan fingerprint density at radius 2 is 1.10 bits per heavy atom. The molecule has 178 valence electrons. The van der Waals surface area contributed by atoms with E-state index in [-0.39, 0.29) is 12.8 Å². The Labute approximate surface area is 178 Å². The number of ether oxygens (including phenoxy) is 1. The van der Waals surface area contributed by atoms with Crippen LogP contribution in [0.15, 0.2) is 0 Å². The molecule has 1 atom stereocenters. The molecule has 1 unspecified atom stereocenters. The van der Waals surface area contributed by atoms with Gasteiger partial charge in [-0.05, 0) is 6.42 Å². The summed E-state index contributed by atoms with van der Waals surface area (Å²) in [5.74, 6) is 0. The van der Waals surface area contributed by atoms with E-state index in [4.69, 9.17) is 14.5 Å². The SMILES string of the molecule is CCCCCCCCCCCCCCCCCCOCC([O-])COP(=O)(O)O.[NH4+]. The van der Waals surface area contributed by atoms with Gasteiger partial charge in [-0.1, -0.05) is 109 Å². The molecule has 0 aromatic carbocycles. The first-order valence-corrected chi connectivity index (χ1v) is 12.9. The summed E-state index contributed by atoms with van der Waals surface area (Å²) in [6.07, 6.45) is 19.8. The summed E-state index contributed by atoms with van der Waals surface area (Å²) in [5.41, 5.74) is 0. The summed E-state index contributed by atoms with van der Waals surface area (Å²) in [6.45, 7) is 2.19. The van der Waals surface area contributed by atoms with Gasteiger partial charge in [-0.3, -0.25) is 4.52 Å². The van der Waals surface area contributed by atoms with Crippen LogP contribution in [-0.2, 0) is 13.8 Å². The normalized spacial score (nSPS) is 12.7. The third-order valence-electron chi connectivity index (χ3n) is 4.87. The lowest BCUT2D eigenvalue weighted by Gasteiger charge is -2.21. The first-order chi connectivity index (χ1) is 13.5. The minimum absolute atomic E-state index is 0. The van der Waals surface area contributed by atoms with E-state index in [0.717, 1.165) is 12.8 Å². The van der Waals surface area contributed by atoms with Crippen molar-refractivity contribution in [3.63, 3.8) is 0 Å². The molecule has 29 heavy (non-hydrogen) atoms. The molecule has 0 aliphatic carbocycles. The topological polar surface area (TPSA) is 136 Å². The van der Waals surface area contributed by atoms with Crippen molar-refractivity contribution in [3.8, 4) is 0 Å². The van der Waals surface area contributed by atoms with Crippen LogP contribution in [0, 0.1) is 0 Å². The molecule has 0 saturated heterocycles. The predicted molar refractivity (Wildman–Crippen MR) is 118 cm³/mol. The van der Waals surface area contributed by atoms with Crippen molar-refractivity contribution >= 4 is 7.82 Å². The standard InChI is InChI=1S/C21H44O6P.H3N/c1-2-3-4-5-6-7-8-9-10-11-12-13-14-15-16-17-18-26-19-21(22)20-27-28(23,24)25;/h21H,2-20H2,1H3,(H2,23,24,25);1H3/q-1;/p+1. The second-order valence-corrected chi connectivity index (χ2v) is 9.03. The molecule has 0 aromatic rings. The first kappa shape index (κ1) is 31.2. The van der Waals surface area contributed by atoms with Gasteiger partial charge >= 0.3 is 7.82 Å². The van der Waals surface area contributed by atoms with Gasteiger partial charge in [0, 0.05) is 19.8 Å². The molecule has 0 saturated carbocycles. The minimum atomic E-state index is -4.55. The van der Waals surface area contributed by atoms with Crippen LogP contribution in [0.5, 0.6) is 0 Å². The summed E-state index contributed by atoms with van der Waals surface area (Å²) >= 11 is 0. The number of hydrogen-bond donors (Lipinski definition) is 3. The number of unbranched alkanes of at least 4 members (excludes halogenated alkanes) is 15. The fraction of sp³-hybridized carbons (Fsp3) is 1.00. The lowest BCUT2D eigenvalue weighted by Crippen LogP contribution is -2.35.